The topological polar surface area (TPSA) is 124 Å². The number of carbonyl (C=O) groups excluding carboxylic acids is 4. The lowest BCUT2D eigenvalue weighted by Gasteiger charge is -2.28. The highest BCUT2D eigenvalue weighted by molar-refractivity contribution is 7.44. The molecule has 2 aliphatic rings. The van der Waals surface area contributed by atoms with Crippen LogP contribution >= 0.6 is 17.2 Å². The van der Waals surface area contributed by atoms with Gasteiger partial charge in [-0.3, -0.25) is 0 Å². The fraction of sp³-hybridized carbons (Fsp3) is 0.154. The van der Waals surface area contributed by atoms with Crippen molar-refractivity contribution in [2.75, 3.05) is 0 Å². The summed E-state index contributed by atoms with van der Waals surface area (Å²) in [5.41, 5.74) is 1.10. The van der Waals surface area contributed by atoms with Crippen molar-refractivity contribution in [2.24, 2.45) is 0 Å². The molecule has 38 heavy (non-hydrogen) atoms. The SMILES string of the molecule is CC(C)(C)c1cccc2c1OP(OC(=O)c1ccc(C(=O)OP3OC(=O)c4ccccc4O3)cc1)OC2=O. The standard InChI is InChI=1S/C26H20O10P2/c1-26(2,3)19-9-6-8-18-21(19)32-38(36-25(18)30)34-23(28)16-13-11-15(12-14-16)22(27)33-37-31-20-10-5-4-7-17(20)24(29)35-37/h4-14H,1-3H3. The van der Waals surface area contributed by atoms with Crippen LogP contribution in [0.5, 0.6) is 11.5 Å². The smallest absolute Gasteiger partial charge is 0.407 e. The molecule has 3 aromatic rings. The predicted molar refractivity (Wildman–Crippen MR) is 135 cm³/mol. The van der Waals surface area contributed by atoms with E-state index in [1.54, 1.807) is 30.3 Å². The van der Waals surface area contributed by atoms with Gasteiger partial charge in [-0.1, -0.05) is 45.0 Å². The largest absolute Gasteiger partial charge is 0.535 e. The van der Waals surface area contributed by atoms with Crippen LogP contribution in [0.2, 0.25) is 0 Å². The summed E-state index contributed by atoms with van der Waals surface area (Å²) in [5.74, 6) is -2.36. The molecule has 0 radical (unpaired) electrons. The first kappa shape index (κ1) is 25.6. The van der Waals surface area contributed by atoms with Gasteiger partial charge >= 0.3 is 41.1 Å². The van der Waals surface area contributed by atoms with Crippen LogP contribution in [0.15, 0.2) is 66.7 Å². The van der Waals surface area contributed by atoms with Gasteiger partial charge in [0.2, 0.25) is 0 Å². The van der Waals surface area contributed by atoms with Crippen LogP contribution in [0.4, 0.5) is 0 Å². The minimum Gasteiger partial charge on any atom is -0.407 e. The second-order valence-electron chi connectivity index (χ2n) is 9.15. The van der Waals surface area contributed by atoms with Crippen LogP contribution in [0.1, 0.15) is 67.8 Å². The molecule has 0 N–H and O–H groups in total. The van der Waals surface area contributed by atoms with Gasteiger partial charge < -0.3 is 27.1 Å². The van der Waals surface area contributed by atoms with Gasteiger partial charge in [-0.2, -0.15) is 0 Å². The molecule has 5 rings (SSSR count). The Hall–Kier alpha value is -4.00. The van der Waals surface area contributed by atoms with Crippen LogP contribution < -0.4 is 9.05 Å². The number of rotatable bonds is 4. The van der Waals surface area contributed by atoms with E-state index in [4.69, 9.17) is 27.1 Å². The average Bonchev–Trinajstić information content (AvgIpc) is 2.88. The zero-order chi connectivity index (χ0) is 27.0. The Morgan fingerprint density at radius 1 is 0.658 bits per heavy atom. The normalized spacial score (nSPS) is 18.0. The molecule has 2 atom stereocenters. The minimum absolute atomic E-state index is 0.0809. The second-order valence-corrected chi connectivity index (χ2v) is 11.1. The van der Waals surface area contributed by atoms with Gasteiger partial charge in [-0.25, -0.2) is 19.2 Å². The lowest BCUT2D eigenvalue weighted by atomic mass is 9.85. The van der Waals surface area contributed by atoms with Crippen molar-refractivity contribution in [2.45, 2.75) is 26.2 Å². The van der Waals surface area contributed by atoms with Crippen molar-refractivity contribution >= 4 is 41.1 Å². The van der Waals surface area contributed by atoms with Crippen LogP contribution in [-0.2, 0) is 23.5 Å². The first-order valence-electron chi connectivity index (χ1n) is 11.3. The number of fused-ring (bicyclic) bond motifs is 2. The molecule has 2 heterocycles. The Balaban J connectivity index is 1.23. The molecule has 10 nitrogen and oxygen atoms in total. The Morgan fingerprint density at radius 3 is 1.79 bits per heavy atom. The summed E-state index contributed by atoms with van der Waals surface area (Å²) in [7, 11) is -4.62. The highest BCUT2D eigenvalue weighted by Crippen LogP contribution is 2.51. The van der Waals surface area contributed by atoms with Crippen molar-refractivity contribution in [3.8, 4) is 11.5 Å². The molecule has 194 valence electrons. The van der Waals surface area contributed by atoms with E-state index in [0.29, 0.717) is 5.75 Å². The van der Waals surface area contributed by atoms with Crippen LogP contribution in [0, 0.1) is 0 Å². The van der Waals surface area contributed by atoms with Gasteiger partial charge in [0, 0.05) is 5.56 Å². The van der Waals surface area contributed by atoms with E-state index in [1.807, 2.05) is 26.8 Å². The first-order valence-corrected chi connectivity index (χ1v) is 13.5. The highest BCUT2D eigenvalue weighted by atomic mass is 31.2. The molecule has 0 fully saturated rings. The molecule has 0 saturated heterocycles. The Bertz CT molecular complexity index is 1450. The molecule has 12 heteroatoms. The van der Waals surface area contributed by atoms with Crippen molar-refractivity contribution in [1.29, 1.82) is 0 Å². The van der Waals surface area contributed by atoms with Crippen molar-refractivity contribution in [3.63, 3.8) is 0 Å². The summed E-state index contributed by atoms with van der Waals surface area (Å²) in [6.45, 7) is 5.91. The summed E-state index contributed by atoms with van der Waals surface area (Å²) in [5, 5.41) is 0. The monoisotopic (exact) mass is 554 g/mol. The fourth-order valence-corrected chi connectivity index (χ4v) is 5.42. The van der Waals surface area contributed by atoms with Gasteiger partial charge in [0.05, 0.1) is 11.1 Å². The number of carbonyl (C=O) groups is 4. The molecular formula is C26H20O10P2. The molecule has 0 aromatic heterocycles. The average molecular weight is 554 g/mol. The number of hydrogen-bond donors (Lipinski definition) is 0. The third kappa shape index (κ3) is 5.19. The lowest BCUT2D eigenvalue weighted by Crippen LogP contribution is -2.20. The third-order valence-electron chi connectivity index (χ3n) is 5.47. The van der Waals surface area contributed by atoms with Gasteiger partial charge in [-0.05, 0) is 47.9 Å². The molecule has 2 aliphatic heterocycles. The van der Waals surface area contributed by atoms with E-state index < -0.39 is 41.1 Å². The predicted octanol–water partition coefficient (Wildman–Crippen LogP) is 6.25. The molecule has 0 saturated carbocycles. The summed E-state index contributed by atoms with van der Waals surface area (Å²) in [6, 6.07) is 16.9. The summed E-state index contributed by atoms with van der Waals surface area (Å²) in [4.78, 5) is 49.8. The maximum atomic E-state index is 12.7. The number of hydrogen-bond acceptors (Lipinski definition) is 10. The Labute approximate surface area is 219 Å². The maximum absolute atomic E-state index is 12.7. The van der Waals surface area contributed by atoms with E-state index in [1.165, 1.54) is 30.3 Å². The van der Waals surface area contributed by atoms with Gasteiger partial charge in [0.1, 0.15) is 22.6 Å². The molecule has 3 aromatic carbocycles. The van der Waals surface area contributed by atoms with Crippen LogP contribution in [0.3, 0.4) is 0 Å². The third-order valence-corrected chi connectivity index (χ3v) is 7.41. The van der Waals surface area contributed by atoms with Crippen LogP contribution in [0.25, 0.3) is 0 Å². The zero-order valence-corrected chi connectivity index (χ0v) is 22.1. The molecule has 2 unspecified atom stereocenters. The van der Waals surface area contributed by atoms with E-state index in [0.717, 1.165) is 5.56 Å². The van der Waals surface area contributed by atoms with E-state index >= 15 is 0 Å². The summed E-state index contributed by atoms with van der Waals surface area (Å²) >= 11 is 0. The van der Waals surface area contributed by atoms with E-state index in [-0.39, 0.29) is 33.4 Å². The van der Waals surface area contributed by atoms with Gasteiger partial charge in [-0.15, -0.1) is 0 Å². The highest BCUT2D eigenvalue weighted by Gasteiger charge is 2.37. The summed E-state index contributed by atoms with van der Waals surface area (Å²) in [6.07, 6.45) is 0. The quantitative estimate of drug-likeness (QED) is 0.342. The fourth-order valence-electron chi connectivity index (χ4n) is 3.59. The lowest BCUT2D eigenvalue weighted by molar-refractivity contribution is 0.0583. The van der Waals surface area contributed by atoms with E-state index in [9.17, 15) is 19.2 Å². The maximum Gasteiger partial charge on any atom is 0.535 e. The van der Waals surface area contributed by atoms with E-state index in [2.05, 4.69) is 0 Å². The Kier molecular flexibility index (Phi) is 6.78. The van der Waals surface area contributed by atoms with Crippen molar-refractivity contribution in [1.82, 2.24) is 0 Å². The number of benzene rings is 3. The first-order chi connectivity index (χ1) is 18.1. The van der Waals surface area contributed by atoms with Crippen molar-refractivity contribution in [3.05, 3.63) is 94.5 Å². The van der Waals surface area contributed by atoms with Gasteiger partial charge in [0.25, 0.3) is 0 Å². The zero-order valence-electron chi connectivity index (χ0n) is 20.3. The number of para-hydroxylation sites is 2. The second kappa shape index (κ2) is 10.0. The van der Waals surface area contributed by atoms with Crippen molar-refractivity contribution < 1.29 is 46.3 Å². The Morgan fingerprint density at radius 2 is 1.18 bits per heavy atom. The van der Waals surface area contributed by atoms with Crippen LogP contribution in [-0.4, -0.2) is 23.9 Å². The molecular weight excluding hydrogens is 534 g/mol. The molecule has 0 aliphatic carbocycles. The molecule has 0 bridgehead atoms. The molecule has 0 spiro atoms. The minimum atomic E-state index is -2.33. The molecule has 0 amide bonds. The summed E-state index contributed by atoms with van der Waals surface area (Å²) < 4.78 is 32.0. The van der Waals surface area contributed by atoms with Gasteiger partial charge in [0.15, 0.2) is 0 Å².